The van der Waals surface area contributed by atoms with Crippen LogP contribution in [0.3, 0.4) is 0 Å². The Labute approximate surface area is 71.5 Å². The molecule has 0 fully saturated rings. The number of nitrogen functional groups attached to an aromatic ring is 1. The molecule has 1 aromatic heterocycles. The lowest BCUT2D eigenvalue weighted by Crippen LogP contribution is -2.05. The minimum Gasteiger partial charge on any atom is -0.392 e. The van der Waals surface area contributed by atoms with Gasteiger partial charge in [0.05, 0.1) is 12.3 Å². The second kappa shape index (κ2) is 3.49. The van der Waals surface area contributed by atoms with Crippen LogP contribution in [0.15, 0.2) is 6.20 Å². The summed E-state index contributed by atoms with van der Waals surface area (Å²) in [6, 6.07) is 0. The van der Waals surface area contributed by atoms with Gasteiger partial charge in [0.25, 0.3) is 0 Å². The van der Waals surface area contributed by atoms with Crippen LogP contribution in [0.4, 0.5) is 5.95 Å². The van der Waals surface area contributed by atoms with Gasteiger partial charge in [-0.05, 0) is 5.92 Å². The average Bonchev–Trinajstić information content (AvgIpc) is 2.04. The SMILES string of the molecule is CC(C)c1nc(N)ncc1CO. The summed E-state index contributed by atoms with van der Waals surface area (Å²) in [7, 11) is 0. The van der Waals surface area contributed by atoms with Gasteiger partial charge in [-0.2, -0.15) is 0 Å². The highest BCUT2D eigenvalue weighted by atomic mass is 16.3. The Morgan fingerprint density at radius 1 is 1.58 bits per heavy atom. The van der Waals surface area contributed by atoms with E-state index in [1.165, 1.54) is 0 Å². The Hall–Kier alpha value is -1.16. The van der Waals surface area contributed by atoms with E-state index in [0.29, 0.717) is 0 Å². The quantitative estimate of drug-likeness (QED) is 0.679. The molecule has 0 radical (unpaired) electrons. The standard InChI is InChI=1S/C8H13N3O/c1-5(2)7-6(4-12)3-10-8(9)11-7/h3,5,12H,4H2,1-2H3,(H2,9,10,11). The molecule has 12 heavy (non-hydrogen) atoms. The molecular formula is C8H13N3O. The topological polar surface area (TPSA) is 72.0 Å². The Balaban J connectivity index is 3.12. The molecule has 3 N–H and O–H groups in total. The zero-order valence-corrected chi connectivity index (χ0v) is 7.28. The van der Waals surface area contributed by atoms with Gasteiger partial charge in [0.2, 0.25) is 5.95 Å². The van der Waals surface area contributed by atoms with Gasteiger partial charge >= 0.3 is 0 Å². The summed E-state index contributed by atoms with van der Waals surface area (Å²) in [4.78, 5) is 7.85. The molecule has 0 bridgehead atoms. The van der Waals surface area contributed by atoms with E-state index < -0.39 is 0 Å². The predicted octanol–water partition coefficient (Wildman–Crippen LogP) is 0.675. The monoisotopic (exact) mass is 167 g/mol. The third-order valence-electron chi connectivity index (χ3n) is 1.63. The van der Waals surface area contributed by atoms with E-state index >= 15 is 0 Å². The van der Waals surface area contributed by atoms with Crippen molar-refractivity contribution < 1.29 is 5.11 Å². The van der Waals surface area contributed by atoms with Crippen LogP contribution in [-0.4, -0.2) is 15.1 Å². The molecule has 4 nitrogen and oxygen atoms in total. The van der Waals surface area contributed by atoms with Crippen molar-refractivity contribution in [3.63, 3.8) is 0 Å². The lowest BCUT2D eigenvalue weighted by atomic mass is 10.1. The van der Waals surface area contributed by atoms with E-state index in [0.717, 1.165) is 11.3 Å². The molecule has 1 rings (SSSR count). The molecular weight excluding hydrogens is 154 g/mol. The van der Waals surface area contributed by atoms with E-state index in [4.69, 9.17) is 10.8 Å². The van der Waals surface area contributed by atoms with E-state index in [1.54, 1.807) is 6.20 Å². The molecule has 0 aliphatic rings. The molecule has 0 aliphatic carbocycles. The highest BCUT2D eigenvalue weighted by molar-refractivity contribution is 5.26. The number of aliphatic hydroxyl groups excluding tert-OH is 1. The van der Waals surface area contributed by atoms with Crippen molar-refractivity contribution in [2.75, 3.05) is 5.73 Å². The number of anilines is 1. The summed E-state index contributed by atoms with van der Waals surface area (Å²) in [5.41, 5.74) is 6.99. The Bertz CT molecular complexity index is 273. The molecule has 0 atom stereocenters. The maximum atomic E-state index is 8.94. The largest absolute Gasteiger partial charge is 0.392 e. The van der Waals surface area contributed by atoms with Gasteiger partial charge < -0.3 is 10.8 Å². The number of aromatic nitrogens is 2. The van der Waals surface area contributed by atoms with Crippen LogP contribution < -0.4 is 5.73 Å². The first-order chi connectivity index (χ1) is 5.65. The first-order valence-electron chi connectivity index (χ1n) is 3.87. The van der Waals surface area contributed by atoms with Gasteiger partial charge in [-0.3, -0.25) is 0 Å². The highest BCUT2D eigenvalue weighted by Crippen LogP contribution is 2.16. The summed E-state index contributed by atoms with van der Waals surface area (Å²) >= 11 is 0. The van der Waals surface area contributed by atoms with Crippen LogP contribution in [0.1, 0.15) is 31.0 Å². The minimum atomic E-state index is -0.0339. The van der Waals surface area contributed by atoms with Crippen LogP contribution >= 0.6 is 0 Å². The van der Waals surface area contributed by atoms with Gasteiger partial charge in [-0.25, -0.2) is 9.97 Å². The van der Waals surface area contributed by atoms with Gasteiger partial charge in [0, 0.05) is 11.8 Å². The number of nitrogens with two attached hydrogens (primary N) is 1. The van der Waals surface area contributed by atoms with Gasteiger partial charge in [0.15, 0.2) is 0 Å². The highest BCUT2D eigenvalue weighted by Gasteiger charge is 2.08. The van der Waals surface area contributed by atoms with Crippen molar-refractivity contribution in [2.45, 2.75) is 26.4 Å². The van der Waals surface area contributed by atoms with Crippen molar-refractivity contribution in [1.29, 1.82) is 0 Å². The van der Waals surface area contributed by atoms with E-state index in [-0.39, 0.29) is 18.5 Å². The number of hydrogen-bond donors (Lipinski definition) is 2. The van der Waals surface area contributed by atoms with Crippen molar-refractivity contribution in [2.24, 2.45) is 0 Å². The number of nitrogens with zero attached hydrogens (tertiary/aromatic N) is 2. The molecule has 4 heteroatoms. The number of hydrogen-bond acceptors (Lipinski definition) is 4. The molecule has 1 aromatic rings. The normalized spacial score (nSPS) is 10.7. The smallest absolute Gasteiger partial charge is 0.220 e. The lowest BCUT2D eigenvalue weighted by Gasteiger charge is -2.08. The Morgan fingerprint density at radius 3 is 2.75 bits per heavy atom. The molecule has 0 amide bonds. The molecule has 0 unspecified atom stereocenters. The summed E-state index contributed by atoms with van der Waals surface area (Å²) in [6.07, 6.45) is 1.57. The van der Waals surface area contributed by atoms with E-state index in [9.17, 15) is 0 Å². The molecule has 0 saturated heterocycles. The first-order valence-corrected chi connectivity index (χ1v) is 3.87. The molecule has 0 spiro atoms. The van der Waals surface area contributed by atoms with Crippen molar-refractivity contribution >= 4 is 5.95 Å². The zero-order chi connectivity index (χ0) is 9.14. The van der Waals surface area contributed by atoms with Crippen LogP contribution in [-0.2, 0) is 6.61 Å². The average molecular weight is 167 g/mol. The number of rotatable bonds is 2. The van der Waals surface area contributed by atoms with E-state index in [1.807, 2.05) is 13.8 Å². The van der Waals surface area contributed by atoms with Crippen molar-refractivity contribution in [3.8, 4) is 0 Å². The van der Waals surface area contributed by atoms with Crippen LogP contribution in [0.2, 0.25) is 0 Å². The van der Waals surface area contributed by atoms with E-state index in [2.05, 4.69) is 9.97 Å². The van der Waals surface area contributed by atoms with Crippen molar-refractivity contribution in [1.82, 2.24) is 9.97 Å². The minimum absolute atomic E-state index is 0.0339. The maximum absolute atomic E-state index is 8.94. The van der Waals surface area contributed by atoms with Gasteiger partial charge in [-0.15, -0.1) is 0 Å². The lowest BCUT2D eigenvalue weighted by molar-refractivity contribution is 0.279. The fourth-order valence-electron chi connectivity index (χ4n) is 1.06. The molecule has 66 valence electrons. The van der Waals surface area contributed by atoms with Gasteiger partial charge in [0.1, 0.15) is 0 Å². The Morgan fingerprint density at radius 2 is 2.25 bits per heavy atom. The predicted molar refractivity (Wildman–Crippen MR) is 46.5 cm³/mol. The summed E-state index contributed by atoms with van der Waals surface area (Å²) in [5.74, 6) is 0.522. The Kier molecular flexibility index (Phi) is 2.60. The third kappa shape index (κ3) is 1.71. The van der Waals surface area contributed by atoms with Gasteiger partial charge in [-0.1, -0.05) is 13.8 Å². The van der Waals surface area contributed by atoms with Crippen LogP contribution in [0.5, 0.6) is 0 Å². The molecule has 0 saturated carbocycles. The maximum Gasteiger partial charge on any atom is 0.220 e. The number of aliphatic hydroxyl groups is 1. The summed E-state index contributed by atoms with van der Waals surface area (Å²) < 4.78 is 0. The second-order valence-electron chi connectivity index (χ2n) is 2.95. The zero-order valence-electron chi connectivity index (χ0n) is 7.28. The summed E-state index contributed by atoms with van der Waals surface area (Å²) in [5, 5.41) is 8.94. The third-order valence-corrected chi connectivity index (χ3v) is 1.63. The molecule has 0 aromatic carbocycles. The molecule has 0 aliphatic heterocycles. The van der Waals surface area contributed by atoms with Crippen LogP contribution in [0.25, 0.3) is 0 Å². The molecule has 1 heterocycles. The van der Waals surface area contributed by atoms with Crippen LogP contribution in [0, 0.1) is 0 Å². The first kappa shape index (κ1) is 8.93. The van der Waals surface area contributed by atoms with Crippen molar-refractivity contribution in [3.05, 3.63) is 17.5 Å². The fraction of sp³-hybridized carbons (Fsp3) is 0.500. The second-order valence-corrected chi connectivity index (χ2v) is 2.95. The fourth-order valence-corrected chi connectivity index (χ4v) is 1.06. The summed E-state index contributed by atoms with van der Waals surface area (Å²) in [6.45, 7) is 3.97.